The van der Waals surface area contributed by atoms with E-state index in [1.807, 2.05) is 0 Å². The molecule has 1 heteroatoms. The fraction of sp³-hybridized carbons (Fsp3) is 1.00. The van der Waals surface area contributed by atoms with Crippen LogP contribution in [0, 0.1) is 0 Å². The van der Waals surface area contributed by atoms with Gasteiger partial charge in [-0.3, -0.25) is 0 Å². The van der Waals surface area contributed by atoms with Gasteiger partial charge in [-0.25, -0.2) is 0 Å². The Labute approximate surface area is 65.7 Å². The molecule has 0 aromatic carbocycles. The van der Waals surface area contributed by atoms with E-state index in [0.29, 0.717) is 0 Å². The Hall–Kier alpha value is -0.0400. The average Bonchev–Trinajstić information content (AvgIpc) is 1.82. The Balaban J connectivity index is 2.76. The summed E-state index contributed by atoms with van der Waals surface area (Å²) in [6.45, 7) is 8.61. The van der Waals surface area contributed by atoms with Gasteiger partial charge in [0, 0.05) is 11.1 Å². The van der Waals surface area contributed by atoms with Crippen molar-refractivity contribution in [2.45, 2.75) is 58.0 Å². The third kappa shape index (κ3) is 1.98. The third-order valence-corrected chi connectivity index (χ3v) is 2.18. The first-order chi connectivity index (χ1) is 4.86. The second-order valence-electron chi connectivity index (χ2n) is 4.59. The maximum absolute atomic E-state index is 7.91. The standard InChI is InChI=1S/C9H19N/c1-8(2)6-5-7-9(3,4)10-8/h10H,5-7H2,1-4H3/i/hD. The van der Waals surface area contributed by atoms with Gasteiger partial charge in [-0.05, 0) is 47.0 Å². The van der Waals surface area contributed by atoms with Gasteiger partial charge in [-0.1, -0.05) is 0 Å². The molecule has 10 heavy (non-hydrogen) atoms. The first-order valence-corrected chi connectivity index (χ1v) is 4.15. The summed E-state index contributed by atoms with van der Waals surface area (Å²) < 4.78 is 7.91. The highest BCUT2D eigenvalue weighted by Gasteiger charge is 2.31. The van der Waals surface area contributed by atoms with Gasteiger partial charge in [-0.2, -0.15) is 0 Å². The molecule has 0 atom stereocenters. The molecule has 0 spiro atoms. The smallest absolute Gasteiger partial charge is 0.123 e. The predicted octanol–water partition coefficient (Wildman–Crippen LogP) is 2.32. The molecule has 1 nitrogen and oxygen atoms in total. The minimum atomic E-state index is 0.0712. The van der Waals surface area contributed by atoms with Gasteiger partial charge in [0.1, 0.15) is 1.41 Å². The molecule has 1 N–H and O–H groups in total. The van der Waals surface area contributed by atoms with E-state index < -0.39 is 0 Å². The Morgan fingerprint density at radius 2 is 1.50 bits per heavy atom. The lowest BCUT2D eigenvalue weighted by molar-refractivity contribution is 0.183. The first kappa shape index (κ1) is 6.66. The molecule has 0 aliphatic carbocycles. The van der Waals surface area contributed by atoms with Crippen LogP contribution in [0.5, 0.6) is 0 Å². The summed E-state index contributed by atoms with van der Waals surface area (Å²) in [5.41, 5.74) is 0.142. The van der Waals surface area contributed by atoms with Crippen LogP contribution in [0.4, 0.5) is 0 Å². The van der Waals surface area contributed by atoms with Crippen LogP contribution >= 0.6 is 0 Å². The van der Waals surface area contributed by atoms with E-state index >= 15 is 0 Å². The minimum absolute atomic E-state index is 0.0712. The first-order valence-electron chi connectivity index (χ1n) is 4.60. The number of rotatable bonds is 0. The topological polar surface area (TPSA) is 12.0 Å². The lowest BCUT2D eigenvalue weighted by Gasteiger charge is -2.42. The fourth-order valence-electron chi connectivity index (χ4n) is 1.88. The molecule has 0 radical (unpaired) electrons. The second-order valence-corrected chi connectivity index (χ2v) is 4.59. The molecular formula is C9H19N. The summed E-state index contributed by atoms with van der Waals surface area (Å²) in [5.74, 6) is 0. The lowest BCUT2D eigenvalue weighted by atomic mass is 9.83. The summed E-state index contributed by atoms with van der Waals surface area (Å²) in [4.78, 5) is 0. The van der Waals surface area contributed by atoms with Crippen molar-refractivity contribution in [1.82, 2.24) is 5.31 Å². The van der Waals surface area contributed by atoms with Crippen LogP contribution in [0.25, 0.3) is 0 Å². The molecule has 0 bridgehead atoms. The number of nitrogens with one attached hydrogen (secondary N) is 1. The van der Waals surface area contributed by atoms with Crippen molar-refractivity contribution in [1.29, 1.82) is 0 Å². The van der Waals surface area contributed by atoms with Crippen LogP contribution in [0.1, 0.15) is 47.0 Å². The molecule has 1 heterocycles. The summed E-state index contributed by atoms with van der Waals surface area (Å²) in [6.07, 6.45) is 3.56. The second kappa shape index (κ2) is 2.23. The third-order valence-electron chi connectivity index (χ3n) is 2.18. The summed E-state index contributed by atoms with van der Waals surface area (Å²) in [6, 6.07) is 0. The highest BCUT2D eigenvalue weighted by Crippen LogP contribution is 2.27. The summed E-state index contributed by atoms with van der Waals surface area (Å²) in [7, 11) is 0. The van der Waals surface area contributed by atoms with Crippen molar-refractivity contribution >= 4 is 0 Å². The van der Waals surface area contributed by atoms with E-state index in [4.69, 9.17) is 1.41 Å². The van der Waals surface area contributed by atoms with Crippen molar-refractivity contribution in [3.05, 3.63) is 0 Å². The van der Waals surface area contributed by atoms with Crippen LogP contribution < -0.4 is 5.31 Å². The van der Waals surface area contributed by atoms with Gasteiger partial charge < -0.3 is 5.31 Å². The van der Waals surface area contributed by atoms with E-state index in [-0.39, 0.29) is 11.1 Å². The van der Waals surface area contributed by atoms with Crippen molar-refractivity contribution < 1.29 is 1.41 Å². The zero-order valence-electron chi connectivity index (χ0n) is 8.57. The quantitative estimate of drug-likeness (QED) is 0.547. The van der Waals surface area contributed by atoms with Gasteiger partial charge in [-0.15, -0.1) is 0 Å². The Kier molecular flexibility index (Phi) is 1.48. The molecule has 1 saturated heterocycles. The van der Waals surface area contributed by atoms with E-state index in [9.17, 15) is 0 Å². The van der Waals surface area contributed by atoms with Crippen LogP contribution in [0.2, 0.25) is 1.41 Å². The van der Waals surface area contributed by atoms with Gasteiger partial charge in [0.25, 0.3) is 0 Å². The van der Waals surface area contributed by atoms with Gasteiger partial charge in [0.05, 0.1) is 0 Å². The van der Waals surface area contributed by atoms with Crippen LogP contribution in [-0.2, 0) is 0 Å². The van der Waals surface area contributed by atoms with Crippen molar-refractivity contribution in [2.24, 2.45) is 0 Å². The minimum Gasteiger partial charge on any atom is -0.307 e. The Morgan fingerprint density at radius 1 is 1.10 bits per heavy atom. The zero-order valence-corrected chi connectivity index (χ0v) is 7.57. The molecule has 1 aliphatic heterocycles. The van der Waals surface area contributed by atoms with Crippen LogP contribution in [-0.4, -0.2) is 11.1 Å². The molecule has 1 fully saturated rings. The summed E-state index contributed by atoms with van der Waals surface area (Å²) in [5, 5.41) is 1.77. The molecule has 60 valence electrons. The van der Waals surface area contributed by atoms with E-state index in [0.717, 1.165) is 12.8 Å². The normalized spacial score (nSPS) is 33.4. The van der Waals surface area contributed by atoms with Crippen LogP contribution in [0.15, 0.2) is 0 Å². The number of piperidine rings is 1. The molecule has 0 unspecified atom stereocenters. The molecule has 1 rings (SSSR count). The zero-order chi connectivity index (χ0) is 8.70. The highest BCUT2D eigenvalue weighted by molar-refractivity contribution is 4.92. The molecular weight excluding hydrogens is 122 g/mol. The lowest BCUT2D eigenvalue weighted by Crippen LogP contribution is -2.55. The van der Waals surface area contributed by atoms with Crippen molar-refractivity contribution in [3.63, 3.8) is 0 Å². The molecule has 0 aromatic rings. The molecule has 1 aliphatic rings. The maximum atomic E-state index is 7.91. The maximum Gasteiger partial charge on any atom is 0.123 e. The van der Waals surface area contributed by atoms with E-state index in [1.54, 1.807) is 5.31 Å². The number of hydrogen-bond acceptors (Lipinski definition) is 1. The van der Waals surface area contributed by atoms with Crippen molar-refractivity contribution in [3.8, 4) is 0 Å². The average molecular weight is 142 g/mol. The summed E-state index contributed by atoms with van der Waals surface area (Å²) >= 11 is 0. The predicted molar refractivity (Wildman–Crippen MR) is 45.1 cm³/mol. The Morgan fingerprint density at radius 3 is 1.80 bits per heavy atom. The van der Waals surface area contributed by atoms with E-state index in [1.165, 1.54) is 6.42 Å². The van der Waals surface area contributed by atoms with Gasteiger partial charge >= 0.3 is 0 Å². The van der Waals surface area contributed by atoms with Crippen molar-refractivity contribution in [2.75, 3.05) is 0 Å². The van der Waals surface area contributed by atoms with Gasteiger partial charge in [0.2, 0.25) is 0 Å². The molecule has 0 amide bonds. The SMILES string of the molecule is [2H]N1C(C)(C)CCCC1(C)C. The van der Waals surface area contributed by atoms with Crippen LogP contribution in [0.3, 0.4) is 0 Å². The monoisotopic (exact) mass is 142 g/mol. The Bertz CT molecular complexity index is 136. The van der Waals surface area contributed by atoms with Gasteiger partial charge in [0.15, 0.2) is 0 Å². The number of hydrogen-bond donors (Lipinski definition) is 1. The fourth-order valence-corrected chi connectivity index (χ4v) is 1.88. The largest absolute Gasteiger partial charge is 0.307 e. The molecule has 0 saturated carbocycles. The molecule has 0 aromatic heterocycles. The van der Waals surface area contributed by atoms with E-state index in [2.05, 4.69) is 27.7 Å². The highest BCUT2D eigenvalue weighted by atomic mass is 15.0.